The molecular weight excluding hydrogens is 1390 g/mol. The second-order valence-electron chi connectivity index (χ2n) is 26.4. The Morgan fingerprint density at radius 3 is 2.14 bits per heavy atom. The number of carbonyl (C=O) groups is 7. The van der Waals surface area contributed by atoms with Crippen molar-refractivity contribution < 1.29 is 103 Å². The van der Waals surface area contributed by atoms with E-state index in [9.17, 15) is 74.7 Å². The van der Waals surface area contributed by atoms with Gasteiger partial charge in [-0.25, -0.2) is 14.8 Å². The molecule has 34 nitrogen and oxygen atoms in total. The number of aliphatic hydroxyl groups excluding tert-OH is 8. The molecule has 564 valence electrons. The topological polar surface area (TPSA) is 474 Å². The van der Waals surface area contributed by atoms with E-state index in [2.05, 4.69) is 75.3 Å². The van der Waals surface area contributed by atoms with Crippen molar-refractivity contribution in [3.8, 4) is 33.3 Å². The van der Waals surface area contributed by atoms with Crippen LogP contribution in [-0.4, -0.2) is 287 Å². The number of rotatable bonds is 28. The number of nitrogens with zero attached hydrogens (tertiary/aromatic N) is 7. The minimum atomic E-state index is -2.16. The summed E-state index contributed by atoms with van der Waals surface area (Å²) in [4.78, 5) is 115. The van der Waals surface area contributed by atoms with Crippen LogP contribution in [0.2, 0.25) is 0 Å². The maximum absolute atomic E-state index is 15.0. The van der Waals surface area contributed by atoms with Crippen molar-refractivity contribution in [2.75, 3.05) is 90.7 Å². The molecule has 0 bridgehead atoms. The zero-order chi connectivity index (χ0) is 74.0. The first kappa shape index (κ1) is 79.4. The number of amides is 7. The molecule has 13 atom stereocenters. The van der Waals surface area contributed by atoms with Crippen LogP contribution in [0.5, 0.6) is 11.5 Å². The first-order valence-corrected chi connectivity index (χ1v) is 35.8. The van der Waals surface area contributed by atoms with Gasteiger partial charge in [-0.3, -0.25) is 38.5 Å². The molecule has 103 heavy (non-hydrogen) atoms. The minimum absolute atomic E-state index is 0.0158. The van der Waals surface area contributed by atoms with E-state index in [0.29, 0.717) is 16.2 Å². The van der Waals surface area contributed by atoms with Crippen LogP contribution >= 0.6 is 23.7 Å². The molecule has 4 aliphatic rings. The summed E-state index contributed by atoms with van der Waals surface area (Å²) in [5, 5.41) is 132. The lowest BCUT2D eigenvalue weighted by atomic mass is 9.98. The summed E-state index contributed by atoms with van der Waals surface area (Å²) in [6, 6.07) is 5.72. The second-order valence-corrected chi connectivity index (χ2v) is 27.8. The molecule has 16 N–H and O–H groups in total. The third-order valence-corrected chi connectivity index (χ3v) is 20.2. The molecule has 0 spiro atoms. The fourth-order valence-corrected chi connectivity index (χ4v) is 14.2. The van der Waals surface area contributed by atoms with Gasteiger partial charge in [0.1, 0.15) is 41.3 Å². The van der Waals surface area contributed by atoms with Crippen LogP contribution in [0.25, 0.3) is 26.8 Å². The molecule has 7 amide bonds. The van der Waals surface area contributed by atoms with Gasteiger partial charge in [-0.05, 0) is 93.4 Å². The molecule has 4 aliphatic heterocycles. The maximum Gasteiger partial charge on any atom is 0.261 e. The predicted octanol–water partition coefficient (Wildman–Crippen LogP) is -1.81. The Kier molecular flexibility index (Phi) is 29.1. The molecule has 4 fully saturated rings. The Balaban J connectivity index is 0.939. The van der Waals surface area contributed by atoms with Crippen LogP contribution in [0, 0.1) is 5.92 Å². The van der Waals surface area contributed by atoms with Gasteiger partial charge in [-0.1, -0.05) is 65.1 Å². The number of ether oxygens (including phenoxy) is 1. The number of fused-ring (bicyclic) bond motifs is 3. The average molecular weight is 1480 g/mol. The van der Waals surface area contributed by atoms with E-state index in [0.717, 1.165) is 84.8 Å². The van der Waals surface area contributed by atoms with Crippen molar-refractivity contribution >= 4 is 75.7 Å². The van der Waals surface area contributed by atoms with Crippen LogP contribution < -0.4 is 41.0 Å². The number of β-amino-alcohol motifs (C(OH)–C–C–N with tert-alkyl or cyclic N) is 1. The Bertz CT molecular complexity index is 3610. The standard InChI is InChI=1S/C67H93N13O21S2/c1-37-32-79-57(58(37)89)63(94)69-31-45(84)29-47(70-59(90)41-12-10-40(11-13-41)48-34-80-67(71-48)102-64(75-80)42-14-16-44(17-15-42)77-24-22-76(23-25-77)21-7-5-4-6-8-26-98-3)60(91)72-54(38(2)83)65(95)78-33-46(85)30-49(78)61(92)73-55(52(88)27-39-9-18-50(86)53(28-39)99-103-101-100-97)62(93)74-56(66(79)96)51(87)19-20-68-43(35-81)36-82/h9-18,28,34,37-38,43,45-47,49,51-52,54-58,68,81-89,97H,4-8,19-27,29-33,35-36H2,1-3H3,(H,69,94)(H,70,90)(H,72,91)(H,73,92)(H,74,93)/t37-,38+,45+,46+,47-,49-,51+,52+,54-,55-,56-,57-,58-/m0/s1. The number of phenolic OH excluding ortho intramolecular Hbond substituents is 1. The highest BCUT2D eigenvalue weighted by atomic mass is 32.2. The number of methoxy groups -OCH3 is 1. The molecule has 9 rings (SSSR count). The lowest BCUT2D eigenvalue weighted by Gasteiger charge is -2.36. The molecule has 5 aromatic rings. The van der Waals surface area contributed by atoms with E-state index < -0.39 is 184 Å². The number of anilines is 1. The lowest BCUT2D eigenvalue weighted by Crippen LogP contribution is -2.64. The Morgan fingerprint density at radius 2 is 1.45 bits per heavy atom. The molecule has 2 aromatic heterocycles. The Labute approximate surface area is 601 Å². The number of imidazole rings is 1. The summed E-state index contributed by atoms with van der Waals surface area (Å²) < 4.78 is 16.2. The molecule has 36 heteroatoms. The highest BCUT2D eigenvalue weighted by Crippen LogP contribution is 2.33. The first-order chi connectivity index (χ1) is 49.5. The van der Waals surface area contributed by atoms with Crippen LogP contribution in [0.4, 0.5) is 5.69 Å². The van der Waals surface area contributed by atoms with Crippen LogP contribution in [0.1, 0.15) is 81.1 Å². The number of nitrogens with one attached hydrogen (secondary N) is 6. The van der Waals surface area contributed by atoms with E-state index in [1.54, 1.807) is 30.0 Å². The smallest absolute Gasteiger partial charge is 0.261 e. The van der Waals surface area contributed by atoms with Crippen LogP contribution in [0.3, 0.4) is 0 Å². The van der Waals surface area contributed by atoms with E-state index in [1.807, 2.05) is 0 Å². The Morgan fingerprint density at radius 1 is 0.767 bits per heavy atom. The highest BCUT2D eigenvalue weighted by molar-refractivity contribution is 7.90. The number of carbonyl (C=O) groups excluding carboxylic acids is 7. The van der Waals surface area contributed by atoms with Gasteiger partial charge in [-0.15, -0.1) is 0 Å². The number of aromatic nitrogens is 3. The van der Waals surface area contributed by atoms with Crippen molar-refractivity contribution in [1.29, 1.82) is 0 Å². The van der Waals surface area contributed by atoms with Crippen molar-refractivity contribution in [2.24, 2.45) is 5.92 Å². The first-order valence-electron chi connectivity index (χ1n) is 34.3. The monoisotopic (exact) mass is 1480 g/mol. The van der Waals surface area contributed by atoms with Gasteiger partial charge in [0, 0.05) is 107 Å². The summed E-state index contributed by atoms with van der Waals surface area (Å²) in [5.41, 5.74) is 3.33. The zero-order valence-electron chi connectivity index (χ0n) is 57.3. The van der Waals surface area contributed by atoms with Crippen molar-refractivity contribution in [3.63, 3.8) is 0 Å². The largest absolute Gasteiger partial charge is 0.504 e. The summed E-state index contributed by atoms with van der Waals surface area (Å²) in [6.45, 7) is 5.52. The number of hydrogen-bond acceptors (Lipinski definition) is 28. The van der Waals surface area contributed by atoms with Crippen molar-refractivity contribution in [1.82, 2.24) is 61.2 Å². The van der Waals surface area contributed by atoms with E-state index in [1.165, 1.54) is 68.2 Å². The maximum atomic E-state index is 15.0. The molecule has 0 unspecified atom stereocenters. The molecule has 0 saturated carbocycles. The number of piperazine rings is 1. The van der Waals surface area contributed by atoms with Crippen LogP contribution in [-0.2, 0) is 49.3 Å². The molecule has 3 aromatic carbocycles. The van der Waals surface area contributed by atoms with Gasteiger partial charge in [0.2, 0.25) is 40.4 Å². The van der Waals surface area contributed by atoms with Crippen LogP contribution in [0.15, 0.2) is 72.9 Å². The third kappa shape index (κ3) is 20.8. The van der Waals surface area contributed by atoms with Gasteiger partial charge >= 0.3 is 0 Å². The number of aromatic hydroxyl groups is 1. The van der Waals surface area contributed by atoms with E-state index in [-0.39, 0.29) is 42.3 Å². The van der Waals surface area contributed by atoms with E-state index in [4.69, 9.17) is 24.3 Å². The number of phenols is 1. The van der Waals surface area contributed by atoms with Gasteiger partial charge in [-0.2, -0.15) is 5.10 Å². The summed E-state index contributed by atoms with van der Waals surface area (Å²) >= 11 is 1.47. The quantitative estimate of drug-likeness (QED) is 0.0114. The minimum Gasteiger partial charge on any atom is -0.504 e. The summed E-state index contributed by atoms with van der Waals surface area (Å²) in [5.74, 6) is -9.61. The van der Waals surface area contributed by atoms with Gasteiger partial charge < -0.3 is 101 Å². The normalized spacial score (nSPS) is 24.6. The number of hydrogen-bond donors (Lipinski definition) is 16. The molecule has 6 heterocycles. The van der Waals surface area contributed by atoms with Gasteiger partial charge in [0.05, 0.1) is 67.8 Å². The zero-order valence-corrected chi connectivity index (χ0v) is 58.9. The van der Waals surface area contributed by atoms with Crippen molar-refractivity contribution in [2.45, 2.75) is 151 Å². The number of benzene rings is 3. The average Bonchev–Trinajstić information content (AvgIpc) is 1.74. The highest BCUT2D eigenvalue weighted by Gasteiger charge is 2.50. The fraction of sp³-hybridized carbons (Fsp3) is 0.567. The third-order valence-electron chi connectivity index (χ3n) is 18.9. The van der Waals surface area contributed by atoms with E-state index >= 15 is 4.79 Å². The Hall–Kier alpha value is -7.76. The SMILES string of the molecule is COCCCCCCCN1CCN(c2ccc(-c3nn4cc(-c5ccc(C(=O)N[C@H]6C[C@@H](O)CNC(=O)[C@@H]7[C@@H](O)[C@@H](C)CN7C(=O)[C@H]([C@H](O)CCNC(CO)CO)NC(=O)[C@H]([C@H](O)Cc7ccc(O)c(OSOOO)c7)NC(=O)[C@@H]7C[C@@H](O)CN7C(=O)[C@H]([C@@H](C)O)NC6=O)cc5)nc4s3)cc2)CC1. The molecule has 0 radical (unpaired) electrons. The van der Waals surface area contributed by atoms with Gasteiger partial charge in [0.25, 0.3) is 18.2 Å². The lowest BCUT2D eigenvalue weighted by molar-refractivity contribution is -0.433. The molecule has 0 aliphatic carbocycles. The number of unbranched alkanes of at least 4 members (excludes halogenated alkanes) is 4. The molecular formula is C67H93N13O21S2. The summed E-state index contributed by atoms with van der Waals surface area (Å²) in [6.07, 6.45) is -4.97. The predicted molar refractivity (Wildman–Crippen MR) is 372 cm³/mol. The second kappa shape index (κ2) is 37.8. The fourth-order valence-electron chi connectivity index (χ4n) is 13.0. The summed E-state index contributed by atoms with van der Waals surface area (Å²) in [7, 11) is 1.74. The number of aliphatic hydroxyl groups is 8. The van der Waals surface area contributed by atoms with Gasteiger partial charge in [0.15, 0.2) is 11.5 Å². The molecule has 4 saturated heterocycles. The van der Waals surface area contributed by atoms with Crippen molar-refractivity contribution in [3.05, 3.63) is 84.1 Å².